The van der Waals surface area contributed by atoms with Gasteiger partial charge in [0.15, 0.2) is 5.95 Å². The predicted molar refractivity (Wildman–Crippen MR) is 126 cm³/mol. The van der Waals surface area contributed by atoms with Gasteiger partial charge in [0.05, 0.1) is 20.6 Å². The average molecular weight is 503 g/mol. The molecule has 32 heavy (non-hydrogen) atoms. The maximum absolute atomic E-state index is 13.3. The van der Waals surface area contributed by atoms with Crippen molar-refractivity contribution in [3.8, 4) is 0 Å². The number of halogens is 2. The van der Waals surface area contributed by atoms with Crippen molar-refractivity contribution in [3.63, 3.8) is 0 Å². The lowest BCUT2D eigenvalue weighted by Gasteiger charge is -2.27. The molecule has 1 aromatic heterocycles. The van der Waals surface area contributed by atoms with Crippen LogP contribution in [0, 0.1) is 0 Å². The molecule has 1 aliphatic rings. The van der Waals surface area contributed by atoms with Crippen LogP contribution in [0.3, 0.4) is 0 Å². The van der Waals surface area contributed by atoms with E-state index in [-0.39, 0.29) is 26.5 Å². The van der Waals surface area contributed by atoms with Crippen molar-refractivity contribution in [2.45, 2.75) is 49.5 Å². The van der Waals surface area contributed by atoms with Gasteiger partial charge in [-0.15, -0.1) is 0 Å². The van der Waals surface area contributed by atoms with Gasteiger partial charge in [-0.1, -0.05) is 36.0 Å². The van der Waals surface area contributed by atoms with E-state index in [2.05, 4.69) is 20.0 Å². The molecule has 1 fully saturated rings. The van der Waals surface area contributed by atoms with Gasteiger partial charge in [0.1, 0.15) is 6.04 Å². The number of nitrogen functional groups attached to an aromatic ring is 1. The summed E-state index contributed by atoms with van der Waals surface area (Å²) in [5, 5.41) is 3.18. The molecular weight excluding hydrogens is 475 g/mol. The van der Waals surface area contributed by atoms with Gasteiger partial charge in [0.25, 0.3) is 0 Å². The number of aromatic nitrogens is 2. The van der Waals surface area contributed by atoms with Crippen LogP contribution < -0.4 is 15.8 Å². The van der Waals surface area contributed by atoms with E-state index in [0.29, 0.717) is 38.4 Å². The summed E-state index contributed by atoms with van der Waals surface area (Å²) in [5.74, 6) is 0.397. The van der Waals surface area contributed by atoms with E-state index in [0.717, 1.165) is 25.7 Å². The van der Waals surface area contributed by atoms with Crippen LogP contribution in [0.5, 0.6) is 0 Å². The zero-order valence-corrected chi connectivity index (χ0v) is 19.9. The highest BCUT2D eigenvalue weighted by molar-refractivity contribution is 7.89. The normalized spacial score (nSPS) is 15.9. The van der Waals surface area contributed by atoms with Crippen LogP contribution >= 0.6 is 23.2 Å². The van der Waals surface area contributed by atoms with Gasteiger partial charge >= 0.3 is 0 Å². The summed E-state index contributed by atoms with van der Waals surface area (Å²) in [7, 11) is -4.06. The molecule has 0 spiro atoms. The molecule has 2 aromatic rings. The molecule has 2 heterocycles. The largest absolute Gasteiger partial charge is 0.396 e. The Labute approximate surface area is 198 Å². The summed E-state index contributed by atoms with van der Waals surface area (Å²) in [6.45, 7) is 1.78. The van der Waals surface area contributed by atoms with E-state index >= 15 is 0 Å². The van der Waals surface area contributed by atoms with Crippen LogP contribution in [-0.4, -0.2) is 54.9 Å². The van der Waals surface area contributed by atoms with Gasteiger partial charge in [0, 0.05) is 32.0 Å². The van der Waals surface area contributed by atoms with Gasteiger partial charge < -0.3 is 20.9 Å². The second kappa shape index (κ2) is 11.2. The highest BCUT2D eigenvalue weighted by atomic mass is 35.5. The van der Waals surface area contributed by atoms with E-state index in [1.807, 2.05) is 0 Å². The minimum absolute atomic E-state index is 0.0379. The van der Waals surface area contributed by atoms with E-state index in [1.54, 1.807) is 17.3 Å². The fourth-order valence-electron chi connectivity index (χ4n) is 3.59. The highest BCUT2D eigenvalue weighted by Crippen LogP contribution is 2.31. The molecule has 0 aliphatic carbocycles. The van der Waals surface area contributed by atoms with Crippen molar-refractivity contribution in [3.05, 3.63) is 34.6 Å². The monoisotopic (exact) mass is 502 g/mol. The van der Waals surface area contributed by atoms with Crippen molar-refractivity contribution in [1.29, 1.82) is 0 Å². The second-order valence-corrected chi connectivity index (χ2v) is 10.2. The van der Waals surface area contributed by atoms with Crippen molar-refractivity contribution in [2.75, 3.05) is 30.7 Å². The fourth-order valence-corrected chi connectivity index (χ4v) is 5.48. The Morgan fingerprint density at radius 3 is 2.44 bits per heavy atom. The maximum Gasteiger partial charge on any atom is 0.241 e. The summed E-state index contributed by atoms with van der Waals surface area (Å²) in [5.41, 5.74) is 5.83. The standard InChI is InChI=1S/C20H28Cl2N6O3S/c21-15-12-14(13-16(22)18(15)23)32(30,31)27-17(6-5-7-24-20-25-8-9-26-20)19(29)28-10-3-1-2-4-11-28/h8-9,12-13,17,27H,1-7,10-11,23H2,(H2,24,25,26)/t17-/m0/s1. The summed E-state index contributed by atoms with van der Waals surface area (Å²) < 4.78 is 28.7. The van der Waals surface area contributed by atoms with Crippen molar-refractivity contribution < 1.29 is 13.2 Å². The second-order valence-electron chi connectivity index (χ2n) is 7.72. The Kier molecular flexibility index (Phi) is 8.64. The van der Waals surface area contributed by atoms with Gasteiger partial charge in [-0.05, 0) is 37.8 Å². The predicted octanol–water partition coefficient (Wildman–Crippen LogP) is 3.24. The summed E-state index contributed by atoms with van der Waals surface area (Å²) in [6.07, 6.45) is 8.15. The van der Waals surface area contributed by atoms with Crippen LogP contribution in [-0.2, 0) is 14.8 Å². The molecule has 3 rings (SSSR count). The molecule has 9 nitrogen and oxygen atoms in total. The Morgan fingerprint density at radius 2 is 1.84 bits per heavy atom. The molecule has 1 amide bonds. The molecule has 1 atom stereocenters. The van der Waals surface area contributed by atoms with Crippen molar-refractivity contribution in [2.24, 2.45) is 0 Å². The zero-order valence-electron chi connectivity index (χ0n) is 17.6. The summed E-state index contributed by atoms with van der Waals surface area (Å²) >= 11 is 12.0. The number of sulfonamides is 1. The first-order valence-electron chi connectivity index (χ1n) is 10.6. The lowest BCUT2D eigenvalue weighted by Crippen LogP contribution is -2.49. The Bertz CT molecular complexity index is 985. The number of hydrogen-bond donors (Lipinski definition) is 4. The van der Waals surface area contributed by atoms with Crippen molar-refractivity contribution >= 4 is 50.8 Å². The molecule has 0 unspecified atom stereocenters. The Hall–Kier alpha value is -2.01. The highest BCUT2D eigenvalue weighted by Gasteiger charge is 2.30. The lowest BCUT2D eigenvalue weighted by atomic mass is 10.1. The molecule has 176 valence electrons. The Morgan fingerprint density at radius 1 is 1.19 bits per heavy atom. The number of hydrogen-bond acceptors (Lipinski definition) is 6. The maximum atomic E-state index is 13.3. The van der Waals surface area contributed by atoms with Crippen LogP contribution in [0.25, 0.3) is 0 Å². The van der Waals surface area contributed by atoms with Gasteiger partial charge in [0.2, 0.25) is 15.9 Å². The number of anilines is 2. The van der Waals surface area contributed by atoms with Crippen LogP contribution in [0.1, 0.15) is 38.5 Å². The Balaban J connectivity index is 1.74. The van der Waals surface area contributed by atoms with Gasteiger partial charge in [-0.25, -0.2) is 13.4 Å². The van der Waals surface area contributed by atoms with Crippen LogP contribution in [0.4, 0.5) is 11.6 Å². The number of carbonyl (C=O) groups is 1. The average Bonchev–Trinajstić information content (AvgIpc) is 3.13. The number of likely N-dealkylation sites (tertiary alicyclic amines) is 1. The topological polar surface area (TPSA) is 133 Å². The number of aromatic amines is 1. The fraction of sp³-hybridized carbons (Fsp3) is 0.500. The number of imidazole rings is 1. The zero-order chi connectivity index (χ0) is 23.1. The number of nitrogens with one attached hydrogen (secondary N) is 3. The summed E-state index contributed by atoms with van der Waals surface area (Å²) in [4.78, 5) is 21.9. The number of H-pyrrole nitrogens is 1. The lowest BCUT2D eigenvalue weighted by molar-refractivity contribution is -0.133. The molecular formula is C20H28Cl2N6O3S. The molecule has 1 saturated heterocycles. The molecule has 0 saturated carbocycles. The number of amides is 1. The first-order chi connectivity index (χ1) is 15.3. The SMILES string of the molecule is Nc1c(Cl)cc(S(=O)(=O)N[C@@H](CCCNc2ncc[nH]2)C(=O)N2CCCCCC2)cc1Cl. The van der Waals surface area contributed by atoms with Gasteiger partial charge in [-0.2, -0.15) is 4.72 Å². The van der Waals surface area contributed by atoms with E-state index in [4.69, 9.17) is 28.9 Å². The van der Waals surface area contributed by atoms with E-state index < -0.39 is 16.1 Å². The molecule has 12 heteroatoms. The van der Waals surface area contributed by atoms with E-state index in [1.165, 1.54) is 12.1 Å². The van der Waals surface area contributed by atoms with Crippen LogP contribution in [0.2, 0.25) is 10.0 Å². The first kappa shape index (κ1) is 24.6. The third-order valence-electron chi connectivity index (χ3n) is 5.34. The first-order valence-corrected chi connectivity index (χ1v) is 12.8. The molecule has 1 aliphatic heterocycles. The third-order valence-corrected chi connectivity index (χ3v) is 7.41. The van der Waals surface area contributed by atoms with Gasteiger partial charge in [-0.3, -0.25) is 4.79 Å². The quantitative estimate of drug-likeness (QED) is 0.307. The van der Waals surface area contributed by atoms with E-state index in [9.17, 15) is 13.2 Å². The minimum atomic E-state index is -4.06. The third kappa shape index (κ3) is 6.50. The molecule has 5 N–H and O–H groups in total. The number of benzene rings is 1. The van der Waals surface area contributed by atoms with Crippen LogP contribution in [0.15, 0.2) is 29.4 Å². The smallest absolute Gasteiger partial charge is 0.241 e. The molecule has 1 aromatic carbocycles. The summed E-state index contributed by atoms with van der Waals surface area (Å²) in [6, 6.07) is 1.56. The molecule has 0 bridgehead atoms. The number of nitrogens with two attached hydrogens (primary N) is 1. The minimum Gasteiger partial charge on any atom is -0.396 e. The number of carbonyl (C=O) groups excluding carboxylic acids is 1. The number of nitrogens with zero attached hydrogens (tertiary/aromatic N) is 2. The van der Waals surface area contributed by atoms with Crippen molar-refractivity contribution in [1.82, 2.24) is 19.6 Å². The number of rotatable bonds is 9. The molecule has 0 radical (unpaired) electrons.